The van der Waals surface area contributed by atoms with Gasteiger partial charge in [-0.3, -0.25) is 9.59 Å². The van der Waals surface area contributed by atoms with E-state index in [0.29, 0.717) is 13.1 Å². The van der Waals surface area contributed by atoms with Gasteiger partial charge in [0.05, 0.1) is 18.7 Å². The highest BCUT2D eigenvalue weighted by molar-refractivity contribution is 5.87. The van der Waals surface area contributed by atoms with Crippen LogP contribution < -0.4 is 11.1 Å². The molecule has 0 aromatic carbocycles. The lowest BCUT2D eigenvalue weighted by molar-refractivity contribution is -0.135. The van der Waals surface area contributed by atoms with Crippen LogP contribution in [0.2, 0.25) is 0 Å². The third kappa shape index (κ3) is 6.32. The number of carbonyl (C=O) groups excluding carboxylic acids is 2. The molecule has 0 spiro atoms. The van der Waals surface area contributed by atoms with Gasteiger partial charge in [0.2, 0.25) is 11.8 Å². The van der Waals surface area contributed by atoms with Crippen molar-refractivity contribution in [2.75, 3.05) is 26.2 Å². The molecule has 1 fully saturated rings. The summed E-state index contributed by atoms with van der Waals surface area (Å²) in [6, 6.07) is -0.575. The number of hydrogen-bond acceptors (Lipinski definition) is 4. The maximum atomic E-state index is 12.3. The van der Waals surface area contributed by atoms with Crippen LogP contribution in [0.15, 0.2) is 0 Å². The fourth-order valence-electron chi connectivity index (χ4n) is 2.48. The summed E-state index contributed by atoms with van der Waals surface area (Å²) >= 11 is 0. The van der Waals surface area contributed by atoms with Gasteiger partial charge in [-0.15, -0.1) is 0 Å². The monoisotopic (exact) mass is 313 g/mol. The second-order valence-electron chi connectivity index (χ2n) is 6.32. The van der Waals surface area contributed by atoms with Crippen LogP contribution in [0, 0.1) is 5.92 Å². The number of nitrogens with zero attached hydrogens (tertiary/aromatic N) is 1. The highest BCUT2D eigenvalue weighted by atomic mass is 16.5. The first kappa shape index (κ1) is 18.9. The molecule has 0 aromatic rings. The van der Waals surface area contributed by atoms with Crippen molar-refractivity contribution < 1.29 is 14.3 Å². The minimum Gasteiger partial charge on any atom is -0.376 e. The molecule has 1 aliphatic rings. The van der Waals surface area contributed by atoms with Gasteiger partial charge in [-0.2, -0.15) is 0 Å². The maximum absolute atomic E-state index is 12.3. The summed E-state index contributed by atoms with van der Waals surface area (Å²) in [7, 11) is 0. The maximum Gasteiger partial charge on any atom is 0.242 e. The van der Waals surface area contributed by atoms with Crippen LogP contribution in [-0.2, 0) is 14.3 Å². The van der Waals surface area contributed by atoms with E-state index in [0.717, 1.165) is 32.3 Å². The minimum atomic E-state index is -0.575. The van der Waals surface area contributed by atoms with E-state index < -0.39 is 6.04 Å². The highest BCUT2D eigenvalue weighted by Crippen LogP contribution is 2.14. The first-order valence-corrected chi connectivity index (χ1v) is 8.38. The van der Waals surface area contributed by atoms with Crippen LogP contribution >= 0.6 is 0 Å². The molecular weight excluding hydrogens is 282 g/mol. The molecule has 3 N–H and O–H groups in total. The zero-order valence-corrected chi connectivity index (χ0v) is 14.1. The molecular formula is C16H31N3O3. The number of nitrogens with two attached hydrogens (primary N) is 1. The molecule has 1 heterocycles. The third-order valence-electron chi connectivity index (χ3n) is 3.98. The van der Waals surface area contributed by atoms with Crippen LogP contribution in [0.4, 0.5) is 0 Å². The molecule has 0 aromatic heterocycles. The van der Waals surface area contributed by atoms with E-state index in [4.69, 9.17) is 10.5 Å². The number of ether oxygens (including phenoxy) is 1. The van der Waals surface area contributed by atoms with Crippen molar-refractivity contribution in [1.82, 2.24) is 10.2 Å². The predicted octanol–water partition coefficient (Wildman–Crippen LogP) is 0.894. The van der Waals surface area contributed by atoms with E-state index in [-0.39, 0.29) is 30.4 Å². The summed E-state index contributed by atoms with van der Waals surface area (Å²) in [5.41, 5.74) is 5.77. The van der Waals surface area contributed by atoms with E-state index in [9.17, 15) is 9.59 Å². The molecule has 0 saturated carbocycles. The lowest BCUT2D eigenvalue weighted by atomic mass is 10.1. The van der Waals surface area contributed by atoms with E-state index >= 15 is 0 Å². The first-order chi connectivity index (χ1) is 10.5. The Morgan fingerprint density at radius 2 is 2.09 bits per heavy atom. The number of nitrogens with one attached hydrogen (secondary N) is 1. The molecule has 0 bridgehead atoms. The van der Waals surface area contributed by atoms with Gasteiger partial charge in [-0.1, -0.05) is 20.8 Å². The predicted molar refractivity (Wildman–Crippen MR) is 86.3 cm³/mol. The summed E-state index contributed by atoms with van der Waals surface area (Å²) in [6.07, 6.45) is 4.26. The van der Waals surface area contributed by atoms with Crippen LogP contribution in [0.5, 0.6) is 0 Å². The first-order valence-electron chi connectivity index (χ1n) is 8.38. The Morgan fingerprint density at radius 1 is 1.36 bits per heavy atom. The molecule has 1 saturated heterocycles. The van der Waals surface area contributed by atoms with E-state index in [1.165, 1.54) is 0 Å². The number of carbonyl (C=O) groups is 2. The summed E-state index contributed by atoms with van der Waals surface area (Å²) in [4.78, 5) is 25.9. The van der Waals surface area contributed by atoms with E-state index in [2.05, 4.69) is 5.32 Å². The van der Waals surface area contributed by atoms with Crippen molar-refractivity contribution in [3.05, 3.63) is 0 Å². The fraction of sp³-hybridized carbons (Fsp3) is 0.875. The van der Waals surface area contributed by atoms with E-state index in [1.54, 1.807) is 4.90 Å². The molecule has 1 unspecified atom stereocenters. The van der Waals surface area contributed by atoms with Crippen molar-refractivity contribution in [2.45, 2.75) is 58.6 Å². The quantitative estimate of drug-likeness (QED) is 0.697. The van der Waals surface area contributed by atoms with Gasteiger partial charge < -0.3 is 20.7 Å². The minimum absolute atomic E-state index is 0.00593. The molecule has 0 aliphatic carbocycles. The number of rotatable bonds is 8. The van der Waals surface area contributed by atoms with Crippen LogP contribution in [0.1, 0.15) is 46.5 Å². The Hall–Kier alpha value is -1.14. The second-order valence-corrected chi connectivity index (χ2v) is 6.32. The Kier molecular flexibility index (Phi) is 8.42. The zero-order valence-electron chi connectivity index (χ0n) is 14.1. The van der Waals surface area contributed by atoms with Gasteiger partial charge >= 0.3 is 0 Å². The van der Waals surface area contributed by atoms with Crippen molar-refractivity contribution in [2.24, 2.45) is 11.7 Å². The standard InChI is InChI=1S/C16H31N3O3/c1-4-8-19(11-13-7-5-6-9-22-13)14(20)10-18-16(21)15(17)12(2)3/h12-13,15H,4-11,17H2,1-3H3,(H,18,21)/t13?,15-/m0/s1. The van der Waals surface area contributed by atoms with Crippen molar-refractivity contribution in [3.8, 4) is 0 Å². The second kappa shape index (κ2) is 9.79. The molecule has 128 valence electrons. The van der Waals surface area contributed by atoms with Crippen LogP contribution in [-0.4, -0.2) is 55.1 Å². The van der Waals surface area contributed by atoms with Crippen LogP contribution in [0.25, 0.3) is 0 Å². The zero-order chi connectivity index (χ0) is 16.5. The number of hydrogen-bond donors (Lipinski definition) is 2. The average molecular weight is 313 g/mol. The normalized spacial score (nSPS) is 19.8. The summed E-state index contributed by atoms with van der Waals surface area (Å²) < 4.78 is 5.70. The smallest absolute Gasteiger partial charge is 0.242 e. The Balaban J connectivity index is 2.44. The lowest BCUT2D eigenvalue weighted by Gasteiger charge is -2.30. The van der Waals surface area contributed by atoms with Crippen LogP contribution in [0.3, 0.4) is 0 Å². The molecule has 0 radical (unpaired) electrons. The van der Waals surface area contributed by atoms with Gasteiger partial charge in [-0.25, -0.2) is 0 Å². The number of amides is 2. The average Bonchev–Trinajstić information content (AvgIpc) is 2.52. The van der Waals surface area contributed by atoms with Gasteiger partial charge in [0.25, 0.3) is 0 Å². The molecule has 2 atom stereocenters. The summed E-state index contributed by atoms with van der Waals surface area (Å²) in [6.45, 7) is 7.88. The molecule has 1 rings (SSSR count). The highest BCUT2D eigenvalue weighted by Gasteiger charge is 2.22. The molecule has 6 nitrogen and oxygen atoms in total. The van der Waals surface area contributed by atoms with Crippen molar-refractivity contribution >= 4 is 11.8 Å². The van der Waals surface area contributed by atoms with Gasteiger partial charge in [0, 0.05) is 19.7 Å². The van der Waals surface area contributed by atoms with Crippen molar-refractivity contribution in [3.63, 3.8) is 0 Å². The molecule has 2 amide bonds. The summed E-state index contributed by atoms with van der Waals surface area (Å²) in [5, 5.41) is 2.64. The van der Waals surface area contributed by atoms with Crippen molar-refractivity contribution in [1.29, 1.82) is 0 Å². The lowest BCUT2D eigenvalue weighted by Crippen LogP contribution is -2.49. The molecule has 6 heteroatoms. The largest absolute Gasteiger partial charge is 0.376 e. The summed E-state index contributed by atoms with van der Waals surface area (Å²) in [5.74, 6) is -0.286. The fourth-order valence-corrected chi connectivity index (χ4v) is 2.48. The van der Waals surface area contributed by atoms with Gasteiger partial charge in [0.15, 0.2) is 0 Å². The molecule has 22 heavy (non-hydrogen) atoms. The van der Waals surface area contributed by atoms with Gasteiger partial charge in [0.1, 0.15) is 0 Å². The third-order valence-corrected chi connectivity index (χ3v) is 3.98. The van der Waals surface area contributed by atoms with E-state index in [1.807, 2.05) is 20.8 Å². The Labute approximate surface area is 133 Å². The molecule has 1 aliphatic heterocycles. The SMILES string of the molecule is CCCN(CC1CCCCO1)C(=O)CNC(=O)[C@@H](N)C(C)C. The Morgan fingerprint density at radius 3 is 2.64 bits per heavy atom. The van der Waals surface area contributed by atoms with Gasteiger partial charge in [-0.05, 0) is 31.6 Å². The topological polar surface area (TPSA) is 84.7 Å². The Bertz CT molecular complexity index is 355.